The second kappa shape index (κ2) is 20.3. The van der Waals surface area contributed by atoms with E-state index in [1.54, 1.807) is 72.8 Å². The van der Waals surface area contributed by atoms with E-state index in [4.69, 9.17) is 0 Å². The molecule has 87 heavy (non-hydrogen) atoms. The van der Waals surface area contributed by atoms with Gasteiger partial charge in [0.1, 0.15) is 34.9 Å². The molecule has 16 aromatic rings. The molecule has 3 nitrogen and oxygen atoms in total. The fraction of sp³-hybridized carbons (Fsp3) is 0. The van der Waals surface area contributed by atoms with Crippen molar-refractivity contribution in [2.24, 2.45) is 0 Å². The third kappa shape index (κ3) is 8.93. The molecule has 0 aliphatic heterocycles. The number of aromatic nitrogens is 3. The van der Waals surface area contributed by atoms with Crippen molar-refractivity contribution in [2.45, 2.75) is 0 Å². The summed E-state index contributed by atoms with van der Waals surface area (Å²) in [6.45, 7) is 0. The van der Waals surface area contributed by atoms with Gasteiger partial charge in [-0.3, -0.25) is 0 Å². The van der Waals surface area contributed by atoms with Crippen molar-refractivity contribution in [1.82, 2.24) is 13.7 Å². The van der Waals surface area contributed by atoms with Crippen molar-refractivity contribution in [2.75, 3.05) is 0 Å². The number of hydrogen-bond donors (Lipinski definition) is 0. The monoisotopic (exact) mass is 1140 g/mol. The first-order chi connectivity index (χ1) is 42.5. The molecular formula is C78H45F6N3. The third-order valence-corrected chi connectivity index (χ3v) is 17.0. The Hall–Kier alpha value is -11.2. The zero-order valence-electron chi connectivity index (χ0n) is 46.1. The summed E-state index contributed by atoms with van der Waals surface area (Å²) in [5.41, 5.74) is 18.4. The molecule has 0 saturated carbocycles. The highest BCUT2D eigenvalue weighted by atomic mass is 19.1. The zero-order valence-corrected chi connectivity index (χ0v) is 46.1. The van der Waals surface area contributed by atoms with Crippen molar-refractivity contribution >= 4 is 65.4 Å². The molecule has 0 saturated heterocycles. The van der Waals surface area contributed by atoms with E-state index < -0.39 is 0 Å². The van der Waals surface area contributed by atoms with Crippen LogP contribution in [-0.4, -0.2) is 13.7 Å². The van der Waals surface area contributed by atoms with E-state index >= 15 is 0 Å². The Morgan fingerprint density at radius 2 is 0.287 bits per heavy atom. The predicted octanol–water partition coefficient (Wildman–Crippen LogP) is 21.8. The fourth-order valence-electron chi connectivity index (χ4n) is 12.8. The van der Waals surface area contributed by atoms with Crippen LogP contribution in [0.1, 0.15) is 0 Å². The highest BCUT2D eigenvalue weighted by molar-refractivity contribution is 6.15. The van der Waals surface area contributed by atoms with E-state index in [0.717, 1.165) is 149 Å². The molecule has 0 bridgehead atoms. The van der Waals surface area contributed by atoms with Crippen LogP contribution < -0.4 is 0 Å². The first-order valence-electron chi connectivity index (χ1n) is 28.5. The molecule has 3 heterocycles. The molecule has 13 aromatic carbocycles. The lowest BCUT2D eigenvalue weighted by Crippen LogP contribution is -2.03. The second-order valence-corrected chi connectivity index (χ2v) is 22.1. The standard InChI is InChI=1S/C78H45F6N3/c79-58-19-1-46(2-20-58)52-13-31-73-67(37-52)68-38-53(47-3-21-59(80)22-4-47)14-32-74(68)85(73)64-43-65(86-75-33-15-54(48-5-23-60(81)24-6-48)39-69(75)70-40-55(16-34-76(70)86)49-7-25-61(82)26-8-49)45-66(44-64)87-77-35-17-56(50-9-27-62(83)28-10-50)41-71(77)72-42-57(18-36-78(72)87)51-11-29-63(84)30-12-51/h1-45H. The maximum atomic E-state index is 14.4. The molecule has 0 fully saturated rings. The van der Waals surface area contributed by atoms with Crippen LogP contribution in [0.25, 0.3) is 149 Å². The van der Waals surface area contributed by atoms with Crippen molar-refractivity contribution in [3.63, 3.8) is 0 Å². The molecule has 16 rings (SSSR count). The Morgan fingerprint density at radius 1 is 0.149 bits per heavy atom. The van der Waals surface area contributed by atoms with Crippen LogP contribution in [0.3, 0.4) is 0 Å². The van der Waals surface area contributed by atoms with Gasteiger partial charge in [-0.1, -0.05) is 109 Å². The van der Waals surface area contributed by atoms with Crippen LogP contribution in [0.4, 0.5) is 26.3 Å². The molecule has 0 atom stereocenters. The lowest BCUT2D eigenvalue weighted by atomic mass is 10.0. The van der Waals surface area contributed by atoms with Crippen molar-refractivity contribution in [3.05, 3.63) is 308 Å². The van der Waals surface area contributed by atoms with E-state index in [1.807, 2.05) is 0 Å². The van der Waals surface area contributed by atoms with E-state index in [1.165, 1.54) is 72.8 Å². The summed E-state index contributed by atoms with van der Waals surface area (Å²) < 4.78 is 93.4. The summed E-state index contributed by atoms with van der Waals surface area (Å²) in [5, 5.41) is 5.67. The van der Waals surface area contributed by atoms with Crippen LogP contribution >= 0.6 is 0 Å². The Balaban J connectivity index is 1.00. The van der Waals surface area contributed by atoms with Gasteiger partial charge in [0.05, 0.1) is 50.2 Å². The first kappa shape index (κ1) is 51.5. The Labute approximate surface area is 494 Å². The predicted molar refractivity (Wildman–Crippen MR) is 342 cm³/mol. The van der Waals surface area contributed by atoms with Gasteiger partial charge in [-0.05, 0) is 231 Å². The highest BCUT2D eigenvalue weighted by Gasteiger charge is 2.23. The molecule has 0 radical (unpaired) electrons. The molecule has 0 aliphatic carbocycles. The molecule has 3 aromatic heterocycles. The van der Waals surface area contributed by atoms with Gasteiger partial charge >= 0.3 is 0 Å². The molecular weight excluding hydrogens is 1090 g/mol. The van der Waals surface area contributed by atoms with Gasteiger partial charge in [0.15, 0.2) is 0 Å². The lowest BCUT2D eigenvalue weighted by molar-refractivity contribution is 0.627. The molecule has 414 valence electrons. The van der Waals surface area contributed by atoms with Crippen molar-refractivity contribution < 1.29 is 26.3 Å². The molecule has 0 amide bonds. The summed E-state index contributed by atoms with van der Waals surface area (Å²) in [4.78, 5) is 0. The highest BCUT2D eigenvalue weighted by Crippen LogP contribution is 2.44. The number of benzene rings is 13. The summed E-state index contributed by atoms with van der Waals surface area (Å²) in [6.07, 6.45) is 0. The maximum Gasteiger partial charge on any atom is 0.123 e. The first-order valence-corrected chi connectivity index (χ1v) is 28.5. The van der Waals surface area contributed by atoms with Crippen LogP contribution in [-0.2, 0) is 0 Å². The van der Waals surface area contributed by atoms with Crippen LogP contribution in [0, 0.1) is 34.9 Å². The molecule has 9 heteroatoms. The fourth-order valence-corrected chi connectivity index (χ4v) is 12.8. The largest absolute Gasteiger partial charge is 0.309 e. The summed E-state index contributed by atoms with van der Waals surface area (Å²) in [7, 11) is 0. The van der Waals surface area contributed by atoms with Gasteiger partial charge in [0.2, 0.25) is 0 Å². The summed E-state index contributed by atoms with van der Waals surface area (Å²) >= 11 is 0. The molecule has 0 spiro atoms. The minimum absolute atomic E-state index is 0.328. The minimum Gasteiger partial charge on any atom is -0.309 e. The van der Waals surface area contributed by atoms with Gasteiger partial charge in [-0.25, -0.2) is 26.3 Å². The van der Waals surface area contributed by atoms with Crippen molar-refractivity contribution in [1.29, 1.82) is 0 Å². The van der Waals surface area contributed by atoms with E-state index in [2.05, 4.69) is 141 Å². The number of fused-ring (bicyclic) bond motifs is 9. The van der Waals surface area contributed by atoms with Gasteiger partial charge in [0.25, 0.3) is 0 Å². The normalized spacial score (nSPS) is 11.8. The maximum absolute atomic E-state index is 14.4. The molecule has 0 N–H and O–H groups in total. The summed E-state index contributed by atoms with van der Waals surface area (Å²) in [6, 6.07) is 83.5. The summed E-state index contributed by atoms with van der Waals surface area (Å²) in [5.74, 6) is -1.97. The van der Waals surface area contributed by atoms with Crippen molar-refractivity contribution in [3.8, 4) is 83.8 Å². The number of halogens is 6. The van der Waals surface area contributed by atoms with Gasteiger partial charge in [0, 0.05) is 32.3 Å². The minimum atomic E-state index is -0.328. The number of nitrogens with zero attached hydrogens (tertiary/aromatic N) is 3. The van der Waals surface area contributed by atoms with Crippen LogP contribution in [0.15, 0.2) is 273 Å². The smallest absolute Gasteiger partial charge is 0.123 e. The third-order valence-electron chi connectivity index (χ3n) is 17.0. The lowest BCUT2D eigenvalue weighted by Gasteiger charge is -2.18. The number of hydrogen-bond acceptors (Lipinski definition) is 0. The van der Waals surface area contributed by atoms with Gasteiger partial charge in [-0.15, -0.1) is 0 Å². The Bertz CT molecular complexity index is 4550. The number of rotatable bonds is 9. The van der Waals surface area contributed by atoms with Crippen LogP contribution in [0.2, 0.25) is 0 Å². The average molecular weight is 1140 g/mol. The second-order valence-electron chi connectivity index (χ2n) is 22.1. The zero-order chi connectivity index (χ0) is 58.6. The van der Waals surface area contributed by atoms with Gasteiger partial charge in [-0.2, -0.15) is 0 Å². The van der Waals surface area contributed by atoms with Crippen LogP contribution in [0.5, 0.6) is 0 Å². The van der Waals surface area contributed by atoms with E-state index in [-0.39, 0.29) is 34.9 Å². The quantitative estimate of drug-likeness (QED) is 0.128. The van der Waals surface area contributed by atoms with E-state index in [9.17, 15) is 26.3 Å². The molecule has 0 unspecified atom stereocenters. The van der Waals surface area contributed by atoms with E-state index in [0.29, 0.717) is 0 Å². The Morgan fingerprint density at radius 3 is 0.437 bits per heavy atom. The SMILES string of the molecule is Fc1ccc(-c2ccc3c(c2)c2cc(-c4ccc(F)cc4)ccc2n3-c2cc(-n3c4ccc(-c5ccc(F)cc5)cc4c4cc(-c5ccc(F)cc5)ccc43)cc(-n3c4ccc(-c5ccc(F)cc5)cc4c4cc(-c5ccc(F)cc5)ccc43)c2)cc1. The average Bonchev–Trinajstić information content (AvgIpc) is 1.68. The van der Waals surface area contributed by atoms with Gasteiger partial charge < -0.3 is 13.7 Å². The molecule has 0 aliphatic rings. The topological polar surface area (TPSA) is 14.8 Å². The Kier molecular flexibility index (Phi) is 12.0.